The van der Waals surface area contributed by atoms with E-state index in [0.717, 1.165) is 68.3 Å². The Morgan fingerprint density at radius 2 is 2.00 bits per heavy atom. The minimum Gasteiger partial charge on any atom is -0.339 e. The Labute approximate surface area is 154 Å². The van der Waals surface area contributed by atoms with Crippen molar-refractivity contribution in [1.29, 1.82) is 0 Å². The Bertz CT molecular complexity index is 752. The molecule has 1 amide bonds. The molecule has 1 saturated heterocycles. The summed E-state index contributed by atoms with van der Waals surface area (Å²) in [6.45, 7) is 6.32. The van der Waals surface area contributed by atoms with Crippen LogP contribution in [0.5, 0.6) is 0 Å². The van der Waals surface area contributed by atoms with Crippen LogP contribution < -0.4 is 5.32 Å². The topological polar surface area (TPSA) is 63.1 Å². The number of fused-ring (bicyclic) bond motifs is 1. The number of nitrogens with one attached hydrogen (secondary N) is 1. The highest BCUT2D eigenvalue weighted by atomic mass is 35.5. The summed E-state index contributed by atoms with van der Waals surface area (Å²) in [6.07, 6.45) is 1.92. The molecule has 2 aliphatic rings. The first kappa shape index (κ1) is 17.9. The molecule has 1 fully saturated rings. The molecule has 6 nitrogen and oxygen atoms in total. The van der Waals surface area contributed by atoms with Crippen LogP contribution in [0.3, 0.4) is 0 Å². The summed E-state index contributed by atoms with van der Waals surface area (Å²) in [4.78, 5) is 14.6. The van der Waals surface area contributed by atoms with E-state index in [1.54, 1.807) is 0 Å². The van der Waals surface area contributed by atoms with Crippen LogP contribution in [0.15, 0.2) is 24.3 Å². The van der Waals surface area contributed by atoms with Gasteiger partial charge in [0.05, 0.1) is 6.54 Å². The molecule has 0 saturated carbocycles. The van der Waals surface area contributed by atoms with Crippen LogP contribution in [0.4, 0.5) is 0 Å². The lowest BCUT2D eigenvalue weighted by molar-refractivity contribution is 0.0710. The van der Waals surface area contributed by atoms with Gasteiger partial charge in [0.25, 0.3) is 5.91 Å². The van der Waals surface area contributed by atoms with Gasteiger partial charge in [-0.1, -0.05) is 17.7 Å². The van der Waals surface area contributed by atoms with Gasteiger partial charge in [-0.15, -0.1) is 22.6 Å². The van der Waals surface area contributed by atoms with Gasteiger partial charge in [0.1, 0.15) is 11.6 Å². The minimum absolute atomic E-state index is 0. The van der Waals surface area contributed by atoms with Crippen LogP contribution in [0.1, 0.15) is 46.3 Å². The summed E-state index contributed by atoms with van der Waals surface area (Å²) in [6, 6.07) is 7.85. The predicted molar refractivity (Wildman–Crippen MR) is 98.0 cm³/mol. The van der Waals surface area contributed by atoms with Gasteiger partial charge in [-0.3, -0.25) is 4.79 Å². The summed E-state index contributed by atoms with van der Waals surface area (Å²) < 4.78 is 2.26. The molecule has 0 bridgehead atoms. The van der Waals surface area contributed by atoms with Crippen molar-refractivity contribution < 1.29 is 4.79 Å². The maximum atomic E-state index is 12.7. The third kappa shape index (κ3) is 3.55. The number of piperidine rings is 1. The molecule has 0 aliphatic carbocycles. The van der Waals surface area contributed by atoms with Crippen molar-refractivity contribution in [2.45, 2.75) is 38.8 Å². The number of carbonyl (C=O) groups is 1. The zero-order chi connectivity index (χ0) is 16.5. The maximum Gasteiger partial charge on any atom is 0.253 e. The Hall–Kier alpha value is -1.92. The SMILES string of the molecule is Cc1cccc(C(=O)N2CCC(c3nnc4n3CCNC4)CC2)c1.Cl. The normalized spacial score (nSPS) is 17.7. The van der Waals surface area contributed by atoms with E-state index < -0.39 is 0 Å². The number of amides is 1. The fourth-order valence-electron chi connectivity index (χ4n) is 3.72. The molecule has 134 valence electrons. The van der Waals surface area contributed by atoms with E-state index in [0.29, 0.717) is 5.92 Å². The average Bonchev–Trinajstić information content (AvgIpc) is 3.05. The second kappa shape index (κ2) is 7.54. The summed E-state index contributed by atoms with van der Waals surface area (Å²) in [5, 5.41) is 12.1. The molecule has 2 aromatic rings. The highest BCUT2D eigenvalue weighted by Gasteiger charge is 2.29. The van der Waals surface area contributed by atoms with Crippen LogP contribution in [0.25, 0.3) is 0 Å². The zero-order valence-corrected chi connectivity index (χ0v) is 15.3. The maximum absolute atomic E-state index is 12.7. The fraction of sp³-hybridized carbons (Fsp3) is 0.500. The molecule has 1 aromatic heterocycles. The van der Waals surface area contributed by atoms with Gasteiger partial charge >= 0.3 is 0 Å². The molecule has 7 heteroatoms. The molecule has 25 heavy (non-hydrogen) atoms. The first-order valence-corrected chi connectivity index (χ1v) is 8.71. The smallest absolute Gasteiger partial charge is 0.253 e. The van der Waals surface area contributed by atoms with E-state index in [4.69, 9.17) is 0 Å². The standard InChI is InChI=1S/C18H23N5O.ClH/c1-13-3-2-4-15(11-13)18(24)22-8-5-14(6-9-22)17-21-20-16-12-19-7-10-23(16)17;/h2-4,11,14,19H,5-10,12H2,1H3;1H. The number of nitrogens with zero attached hydrogens (tertiary/aromatic N) is 4. The van der Waals surface area contributed by atoms with E-state index in [1.165, 1.54) is 0 Å². The van der Waals surface area contributed by atoms with E-state index in [9.17, 15) is 4.79 Å². The molecule has 1 aromatic carbocycles. The van der Waals surface area contributed by atoms with Crippen molar-refractivity contribution in [2.75, 3.05) is 19.6 Å². The minimum atomic E-state index is 0. The number of carbonyl (C=O) groups excluding carboxylic acids is 1. The van der Waals surface area contributed by atoms with Crippen LogP contribution in [0, 0.1) is 6.92 Å². The number of likely N-dealkylation sites (tertiary alicyclic amines) is 1. The highest BCUT2D eigenvalue weighted by molar-refractivity contribution is 5.94. The van der Waals surface area contributed by atoms with E-state index in [2.05, 4.69) is 20.1 Å². The lowest BCUT2D eigenvalue weighted by atomic mass is 9.95. The third-order valence-electron chi connectivity index (χ3n) is 5.06. The van der Waals surface area contributed by atoms with Crippen molar-refractivity contribution in [1.82, 2.24) is 25.0 Å². The van der Waals surface area contributed by atoms with Crippen molar-refractivity contribution in [3.8, 4) is 0 Å². The first-order valence-electron chi connectivity index (χ1n) is 8.71. The van der Waals surface area contributed by atoms with Crippen molar-refractivity contribution in [3.63, 3.8) is 0 Å². The van der Waals surface area contributed by atoms with Crippen LogP contribution in [-0.4, -0.2) is 45.2 Å². The van der Waals surface area contributed by atoms with Gasteiger partial charge in [0.15, 0.2) is 0 Å². The Balaban J connectivity index is 0.00000182. The summed E-state index contributed by atoms with van der Waals surface area (Å²) in [5.41, 5.74) is 1.92. The number of aromatic nitrogens is 3. The zero-order valence-electron chi connectivity index (χ0n) is 14.4. The van der Waals surface area contributed by atoms with Gasteiger partial charge in [-0.2, -0.15) is 0 Å². The Morgan fingerprint density at radius 3 is 2.76 bits per heavy atom. The monoisotopic (exact) mass is 361 g/mol. The number of rotatable bonds is 2. The predicted octanol–water partition coefficient (Wildman–Crippen LogP) is 2.13. The molecule has 1 N–H and O–H groups in total. The quantitative estimate of drug-likeness (QED) is 0.890. The molecule has 0 radical (unpaired) electrons. The van der Waals surface area contributed by atoms with Crippen molar-refractivity contribution in [2.24, 2.45) is 0 Å². The molecule has 0 unspecified atom stereocenters. The molecule has 0 spiro atoms. The van der Waals surface area contributed by atoms with Gasteiger partial charge in [-0.25, -0.2) is 0 Å². The summed E-state index contributed by atoms with van der Waals surface area (Å²) >= 11 is 0. The van der Waals surface area contributed by atoms with Gasteiger partial charge in [0, 0.05) is 37.7 Å². The molecule has 3 heterocycles. The number of hydrogen-bond acceptors (Lipinski definition) is 4. The molecule has 2 aliphatic heterocycles. The van der Waals surface area contributed by atoms with Crippen LogP contribution >= 0.6 is 12.4 Å². The molecular weight excluding hydrogens is 338 g/mol. The lowest BCUT2D eigenvalue weighted by Gasteiger charge is -2.32. The third-order valence-corrected chi connectivity index (χ3v) is 5.06. The number of halogens is 1. The molecule has 4 rings (SSSR count). The lowest BCUT2D eigenvalue weighted by Crippen LogP contribution is -2.39. The average molecular weight is 362 g/mol. The summed E-state index contributed by atoms with van der Waals surface area (Å²) in [5.74, 6) is 2.69. The van der Waals surface area contributed by atoms with Crippen LogP contribution in [0.2, 0.25) is 0 Å². The second-order valence-electron chi connectivity index (χ2n) is 6.74. The Kier molecular flexibility index (Phi) is 5.39. The summed E-state index contributed by atoms with van der Waals surface area (Å²) in [7, 11) is 0. The Morgan fingerprint density at radius 1 is 1.20 bits per heavy atom. The van der Waals surface area contributed by atoms with Gasteiger partial charge in [0.2, 0.25) is 0 Å². The van der Waals surface area contributed by atoms with E-state index in [-0.39, 0.29) is 18.3 Å². The number of benzene rings is 1. The van der Waals surface area contributed by atoms with Crippen LogP contribution in [-0.2, 0) is 13.1 Å². The van der Waals surface area contributed by atoms with E-state index in [1.807, 2.05) is 36.1 Å². The second-order valence-corrected chi connectivity index (χ2v) is 6.74. The first-order chi connectivity index (χ1) is 11.7. The molecule has 0 atom stereocenters. The largest absolute Gasteiger partial charge is 0.339 e. The number of aryl methyl sites for hydroxylation is 1. The van der Waals surface area contributed by atoms with Crippen molar-refractivity contribution >= 4 is 18.3 Å². The van der Waals surface area contributed by atoms with Crippen molar-refractivity contribution in [3.05, 3.63) is 47.0 Å². The van der Waals surface area contributed by atoms with E-state index >= 15 is 0 Å². The molecular formula is C18H24ClN5O. The van der Waals surface area contributed by atoms with Gasteiger partial charge < -0.3 is 14.8 Å². The number of hydrogen-bond donors (Lipinski definition) is 1. The van der Waals surface area contributed by atoms with Gasteiger partial charge in [-0.05, 0) is 31.9 Å². The highest BCUT2D eigenvalue weighted by Crippen LogP contribution is 2.28. The fourth-order valence-corrected chi connectivity index (χ4v) is 3.72.